The van der Waals surface area contributed by atoms with Crippen molar-refractivity contribution in [3.05, 3.63) is 16.1 Å². The quantitative estimate of drug-likeness (QED) is 0.693. The molecule has 1 saturated carbocycles. The molecule has 2 N–H and O–H groups in total. The molecule has 2 rings (SSSR count). The second kappa shape index (κ2) is 5.58. The van der Waals surface area contributed by atoms with E-state index >= 15 is 0 Å². The van der Waals surface area contributed by atoms with Crippen LogP contribution in [0.25, 0.3) is 0 Å². The van der Waals surface area contributed by atoms with Gasteiger partial charge in [-0.2, -0.15) is 0 Å². The van der Waals surface area contributed by atoms with Gasteiger partial charge >= 0.3 is 0 Å². The molecule has 1 aliphatic carbocycles. The van der Waals surface area contributed by atoms with Crippen molar-refractivity contribution in [3.63, 3.8) is 0 Å². The molecule has 0 spiro atoms. The Morgan fingerprint density at radius 2 is 2.33 bits per heavy atom. The molecule has 0 saturated heterocycles. The van der Waals surface area contributed by atoms with Crippen molar-refractivity contribution in [2.24, 2.45) is 0 Å². The van der Waals surface area contributed by atoms with E-state index in [4.69, 9.17) is 0 Å². The fraction of sp³-hybridized carbons (Fsp3) is 0.727. The maximum Gasteiger partial charge on any atom is 0.107 e. The predicted octanol–water partition coefficient (Wildman–Crippen LogP) is 1.68. The first kappa shape index (κ1) is 11.0. The van der Waals surface area contributed by atoms with Crippen LogP contribution in [0.4, 0.5) is 0 Å². The van der Waals surface area contributed by atoms with Gasteiger partial charge < -0.3 is 10.6 Å². The number of aromatic nitrogens is 1. The Bertz CT molecular complexity index is 294. The van der Waals surface area contributed by atoms with Crippen molar-refractivity contribution in [2.45, 2.75) is 38.8 Å². The maximum absolute atomic E-state index is 4.41. The standard InChI is InChI=1S/C11H19N3S/c1-9-8-15-11(14-9)7-12-5-2-6-13-10-3-4-10/h8,10,12-13H,2-7H2,1H3. The highest BCUT2D eigenvalue weighted by Gasteiger charge is 2.19. The third-order valence-corrected chi connectivity index (χ3v) is 3.45. The zero-order chi connectivity index (χ0) is 10.5. The number of thiazole rings is 1. The van der Waals surface area contributed by atoms with Gasteiger partial charge in [0.1, 0.15) is 5.01 Å². The zero-order valence-corrected chi connectivity index (χ0v) is 10.1. The van der Waals surface area contributed by atoms with Gasteiger partial charge in [0.25, 0.3) is 0 Å². The Hall–Kier alpha value is -0.450. The second-order valence-corrected chi connectivity index (χ2v) is 5.08. The summed E-state index contributed by atoms with van der Waals surface area (Å²) in [6.45, 7) is 5.19. The van der Waals surface area contributed by atoms with Gasteiger partial charge in [-0.3, -0.25) is 0 Å². The number of aryl methyl sites for hydroxylation is 1. The third-order valence-electron chi connectivity index (χ3n) is 2.48. The van der Waals surface area contributed by atoms with Crippen molar-refractivity contribution in [1.82, 2.24) is 15.6 Å². The Labute approximate surface area is 95.3 Å². The van der Waals surface area contributed by atoms with Gasteiger partial charge in [-0.25, -0.2) is 4.98 Å². The molecule has 15 heavy (non-hydrogen) atoms. The monoisotopic (exact) mass is 225 g/mol. The Morgan fingerprint density at radius 1 is 1.47 bits per heavy atom. The molecule has 0 aromatic carbocycles. The van der Waals surface area contributed by atoms with E-state index in [9.17, 15) is 0 Å². The van der Waals surface area contributed by atoms with Crippen LogP contribution < -0.4 is 10.6 Å². The van der Waals surface area contributed by atoms with Gasteiger partial charge in [0.2, 0.25) is 0 Å². The fourth-order valence-corrected chi connectivity index (χ4v) is 2.23. The maximum atomic E-state index is 4.41. The highest BCUT2D eigenvalue weighted by molar-refractivity contribution is 7.09. The van der Waals surface area contributed by atoms with Crippen molar-refractivity contribution in [3.8, 4) is 0 Å². The molecule has 1 aromatic heterocycles. The van der Waals surface area contributed by atoms with Crippen LogP contribution in [0.5, 0.6) is 0 Å². The van der Waals surface area contributed by atoms with Crippen molar-refractivity contribution >= 4 is 11.3 Å². The van der Waals surface area contributed by atoms with E-state index in [1.807, 2.05) is 6.92 Å². The Balaban J connectivity index is 1.47. The topological polar surface area (TPSA) is 37.0 Å². The smallest absolute Gasteiger partial charge is 0.107 e. The van der Waals surface area contributed by atoms with Gasteiger partial charge in [-0.05, 0) is 39.3 Å². The summed E-state index contributed by atoms with van der Waals surface area (Å²) in [4.78, 5) is 4.41. The van der Waals surface area contributed by atoms with Crippen molar-refractivity contribution in [2.75, 3.05) is 13.1 Å². The van der Waals surface area contributed by atoms with E-state index < -0.39 is 0 Å². The molecule has 1 aromatic rings. The number of nitrogens with one attached hydrogen (secondary N) is 2. The SMILES string of the molecule is Cc1csc(CNCCCNC2CC2)n1. The highest BCUT2D eigenvalue weighted by atomic mass is 32.1. The summed E-state index contributed by atoms with van der Waals surface area (Å²) in [7, 11) is 0. The van der Waals surface area contributed by atoms with E-state index in [-0.39, 0.29) is 0 Å². The lowest BCUT2D eigenvalue weighted by atomic mass is 10.4. The summed E-state index contributed by atoms with van der Waals surface area (Å²) >= 11 is 1.74. The lowest BCUT2D eigenvalue weighted by Gasteiger charge is -2.03. The van der Waals surface area contributed by atoms with Crippen LogP contribution in [-0.2, 0) is 6.54 Å². The van der Waals surface area contributed by atoms with Gasteiger partial charge in [0.15, 0.2) is 0 Å². The molecule has 0 atom stereocenters. The number of rotatable bonds is 7. The van der Waals surface area contributed by atoms with Gasteiger partial charge in [0, 0.05) is 23.7 Å². The summed E-state index contributed by atoms with van der Waals surface area (Å²) < 4.78 is 0. The van der Waals surface area contributed by atoms with E-state index in [2.05, 4.69) is 21.0 Å². The van der Waals surface area contributed by atoms with E-state index in [1.54, 1.807) is 11.3 Å². The lowest BCUT2D eigenvalue weighted by molar-refractivity contribution is 0.592. The van der Waals surface area contributed by atoms with Crippen LogP contribution in [0.15, 0.2) is 5.38 Å². The minimum atomic E-state index is 0.839. The molecule has 4 heteroatoms. The molecule has 3 nitrogen and oxygen atoms in total. The molecule has 0 bridgehead atoms. The summed E-state index contributed by atoms with van der Waals surface area (Å²) in [5, 5.41) is 10.2. The molecular formula is C11H19N3S. The summed E-state index contributed by atoms with van der Waals surface area (Å²) in [6.07, 6.45) is 3.97. The van der Waals surface area contributed by atoms with Crippen LogP contribution in [-0.4, -0.2) is 24.1 Å². The minimum absolute atomic E-state index is 0.839. The molecule has 84 valence electrons. The minimum Gasteiger partial charge on any atom is -0.314 e. The first-order chi connectivity index (χ1) is 7.34. The Kier molecular flexibility index (Phi) is 4.11. The molecule has 1 aliphatic rings. The molecule has 0 unspecified atom stereocenters. The van der Waals surface area contributed by atoms with Crippen LogP contribution in [0.1, 0.15) is 30.0 Å². The molecule has 1 heterocycles. The molecule has 1 fully saturated rings. The van der Waals surface area contributed by atoms with Gasteiger partial charge in [-0.15, -0.1) is 11.3 Å². The van der Waals surface area contributed by atoms with Crippen molar-refractivity contribution < 1.29 is 0 Å². The van der Waals surface area contributed by atoms with E-state index in [0.29, 0.717) is 0 Å². The molecule has 0 amide bonds. The molecule has 0 radical (unpaired) electrons. The van der Waals surface area contributed by atoms with Gasteiger partial charge in [0.05, 0.1) is 0 Å². The number of hydrogen-bond acceptors (Lipinski definition) is 4. The first-order valence-electron chi connectivity index (χ1n) is 5.70. The first-order valence-corrected chi connectivity index (χ1v) is 6.57. The lowest BCUT2D eigenvalue weighted by Crippen LogP contribution is -2.23. The van der Waals surface area contributed by atoms with Gasteiger partial charge in [-0.1, -0.05) is 0 Å². The van der Waals surface area contributed by atoms with E-state index in [1.165, 1.54) is 24.3 Å². The number of nitrogens with zero attached hydrogens (tertiary/aromatic N) is 1. The van der Waals surface area contributed by atoms with Crippen LogP contribution in [0, 0.1) is 6.92 Å². The largest absolute Gasteiger partial charge is 0.314 e. The predicted molar refractivity (Wildman–Crippen MR) is 64.2 cm³/mol. The fourth-order valence-electron chi connectivity index (χ4n) is 1.49. The van der Waals surface area contributed by atoms with Crippen LogP contribution in [0.2, 0.25) is 0 Å². The van der Waals surface area contributed by atoms with E-state index in [0.717, 1.165) is 31.4 Å². The summed E-state index contributed by atoms with van der Waals surface area (Å²) in [5.74, 6) is 0. The van der Waals surface area contributed by atoms with Crippen LogP contribution >= 0.6 is 11.3 Å². The molecular weight excluding hydrogens is 206 g/mol. The molecule has 0 aliphatic heterocycles. The van der Waals surface area contributed by atoms with Crippen LogP contribution in [0.3, 0.4) is 0 Å². The zero-order valence-electron chi connectivity index (χ0n) is 9.25. The third kappa shape index (κ3) is 4.28. The summed E-state index contributed by atoms with van der Waals surface area (Å²) in [6, 6.07) is 0.839. The Morgan fingerprint density at radius 3 is 3.00 bits per heavy atom. The average molecular weight is 225 g/mol. The van der Waals surface area contributed by atoms with Crippen molar-refractivity contribution in [1.29, 1.82) is 0 Å². The second-order valence-electron chi connectivity index (χ2n) is 4.14. The summed E-state index contributed by atoms with van der Waals surface area (Å²) in [5.41, 5.74) is 1.13. The normalized spacial score (nSPS) is 15.8. The average Bonchev–Trinajstić information content (AvgIpc) is 2.95. The number of hydrogen-bond donors (Lipinski definition) is 2. The highest BCUT2D eigenvalue weighted by Crippen LogP contribution is 2.18.